The number of halogens is 2. The van der Waals surface area contributed by atoms with Gasteiger partial charge in [0.05, 0.1) is 12.5 Å². The van der Waals surface area contributed by atoms with E-state index in [1.165, 1.54) is 56.2 Å². The number of hydrogen-bond acceptors (Lipinski definition) is 4. The number of ether oxygens (including phenoxy) is 3. The Morgan fingerprint density at radius 1 is 0.780 bits per heavy atom. The van der Waals surface area contributed by atoms with Crippen LogP contribution in [0.4, 0.5) is 8.78 Å². The fraction of sp³-hybridized carbons (Fsp3) is 0.629. The van der Waals surface area contributed by atoms with E-state index in [1.807, 2.05) is 12.1 Å². The number of rotatable bonds is 10. The first kappa shape index (κ1) is 29.8. The molecule has 0 heterocycles. The standard InChI is InChI=1S/C35H46F2O4/c1-3-5-23-6-11-28-21-29(13-12-27(28)20-23)35(38)41-30-16-14-26(15-17-30)25-9-7-24(8-10-25)22-40-32-19-18-31(39-4-2)33(36)34(32)37/h7-10,18-19,23,26-30H,3-6,11-17,20-22H2,1-2H3. The van der Waals surface area contributed by atoms with Crippen LogP contribution in [0.3, 0.4) is 0 Å². The van der Waals surface area contributed by atoms with Gasteiger partial charge in [-0.05, 0) is 112 Å². The molecule has 0 aliphatic heterocycles. The Kier molecular flexibility index (Phi) is 10.2. The summed E-state index contributed by atoms with van der Waals surface area (Å²) in [7, 11) is 0. The van der Waals surface area contributed by atoms with E-state index in [0.29, 0.717) is 5.92 Å². The van der Waals surface area contributed by atoms with Gasteiger partial charge in [-0.2, -0.15) is 8.78 Å². The van der Waals surface area contributed by atoms with E-state index in [0.717, 1.165) is 61.8 Å². The van der Waals surface area contributed by atoms with Gasteiger partial charge in [-0.3, -0.25) is 4.79 Å². The molecule has 0 bridgehead atoms. The molecule has 0 saturated heterocycles. The summed E-state index contributed by atoms with van der Waals surface area (Å²) in [6, 6.07) is 10.9. The quantitative estimate of drug-likeness (QED) is 0.268. The molecule has 224 valence electrons. The van der Waals surface area contributed by atoms with Gasteiger partial charge in [0.2, 0.25) is 11.6 Å². The molecule has 3 saturated carbocycles. The molecule has 4 nitrogen and oxygen atoms in total. The number of carbonyl (C=O) groups excluding carboxylic acids is 1. The van der Waals surface area contributed by atoms with Crippen LogP contribution in [0.1, 0.15) is 108 Å². The maximum atomic E-state index is 14.3. The van der Waals surface area contributed by atoms with Gasteiger partial charge in [0.1, 0.15) is 12.7 Å². The number of esters is 1. The van der Waals surface area contributed by atoms with E-state index in [2.05, 4.69) is 19.1 Å². The second-order valence-electron chi connectivity index (χ2n) is 12.6. The van der Waals surface area contributed by atoms with Crippen molar-refractivity contribution in [1.82, 2.24) is 0 Å². The second kappa shape index (κ2) is 14.0. The van der Waals surface area contributed by atoms with Gasteiger partial charge >= 0.3 is 5.97 Å². The Bertz CT molecular complexity index is 1140. The van der Waals surface area contributed by atoms with E-state index in [-0.39, 0.29) is 42.7 Å². The molecule has 41 heavy (non-hydrogen) atoms. The van der Waals surface area contributed by atoms with E-state index in [4.69, 9.17) is 14.2 Å². The summed E-state index contributed by atoms with van der Waals surface area (Å²) < 4.78 is 45.1. The summed E-state index contributed by atoms with van der Waals surface area (Å²) in [5.74, 6) is 0.734. The topological polar surface area (TPSA) is 44.8 Å². The minimum Gasteiger partial charge on any atom is -0.491 e. The molecular formula is C35H46F2O4. The molecule has 0 aromatic heterocycles. The minimum absolute atomic E-state index is 0.0360. The van der Waals surface area contributed by atoms with Crippen LogP contribution in [-0.2, 0) is 16.1 Å². The average molecular weight is 569 g/mol. The Morgan fingerprint density at radius 3 is 2.12 bits per heavy atom. The van der Waals surface area contributed by atoms with Crippen LogP contribution in [0, 0.1) is 35.3 Å². The third-order valence-electron chi connectivity index (χ3n) is 9.87. The summed E-state index contributed by atoms with van der Waals surface area (Å²) in [4.78, 5) is 13.1. The largest absolute Gasteiger partial charge is 0.491 e. The van der Waals surface area contributed by atoms with Crippen LogP contribution in [0.2, 0.25) is 0 Å². The van der Waals surface area contributed by atoms with Crippen molar-refractivity contribution >= 4 is 5.97 Å². The van der Waals surface area contributed by atoms with Gasteiger partial charge in [-0.15, -0.1) is 0 Å². The van der Waals surface area contributed by atoms with Crippen molar-refractivity contribution < 1.29 is 27.8 Å². The molecular weight excluding hydrogens is 522 g/mol. The lowest BCUT2D eigenvalue weighted by molar-refractivity contribution is -0.158. The molecule has 6 heteroatoms. The van der Waals surface area contributed by atoms with Gasteiger partial charge in [-0.1, -0.05) is 50.5 Å². The van der Waals surface area contributed by atoms with Crippen LogP contribution in [0.5, 0.6) is 11.5 Å². The van der Waals surface area contributed by atoms with Gasteiger partial charge in [0.15, 0.2) is 11.5 Å². The Morgan fingerprint density at radius 2 is 1.44 bits per heavy atom. The van der Waals surface area contributed by atoms with Crippen LogP contribution in [0.25, 0.3) is 0 Å². The van der Waals surface area contributed by atoms with Crippen molar-refractivity contribution in [2.45, 2.75) is 110 Å². The Balaban J connectivity index is 1.05. The molecule has 3 aliphatic rings. The molecule has 4 unspecified atom stereocenters. The van der Waals surface area contributed by atoms with E-state index in [9.17, 15) is 13.6 Å². The molecule has 2 aromatic rings. The molecule has 3 fully saturated rings. The predicted molar refractivity (Wildman–Crippen MR) is 156 cm³/mol. The monoisotopic (exact) mass is 568 g/mol. The lowest BCUT2D eigenvalue weighted by Crippen LogP contribution is -2.36. The second-order valence-corrected chi connectivity index (χ2v) is 12.6. The first-order valence-corrected chi connectivity index (χ1v) is 16.0. The highest BCUT2D eigenvalue weighted by Crippen LogP contribution is 2.46. The van der Waals surface area contributed by atoms with Crippen LogP contribution in [-0.4, -0.2) is 18.7 Å². The molecule has 5 rings (SSSR count). The molecule has 0 N–H and O–H groups in total. The summed E-state index contributed by atoms with van der Waals surface area (Å²) in [5, 5.41) is 0. The summed E-state index contributed by atoms with van der Waals surface area (Å²) in [5.41, 5.74) is 2.15. The van der Waals surface area contributed by atoms with Crippen molar-refractivity contribution in [3.05, 3.63) is 59.2 Å². The molecule has 3 aliphatic carbocycles. The smallest absolute Gasteiger partial charge is 0.309 e. The molecule has 0 radical (unpaired) electrons. The van der Waals surface area contributed by atoms with Crippen LogP contribution in [0.15, 0.2) is 36.4 Å². The average Bonchev–Trinajstić information content (AvgIpc) is 3.00. The first-order valence-electron chi connectivity index (χ1n) is 16.0. The Labute approximate surface area is 244 Å². The zero-order valence-electron chi connectivity index (χ0n) is 24.7. The number of carbonyl (C=O) groups is 1. The summed E-state index contributed by atoms with van der Waals surface area (Å²) in [6.45, 7) is 4.42. The van der Waals surface area contributed by atoms with Crippen molar-refractivity contribution in [2.75, 3.05) is 6.61 Å². The van der Waals surface area contributed by atoms with Crippen LogP contribution >= 0.6 is 0 Å². The molecule has 2 aromatic carbocycles. The van der Waals surface area contributed by atoms with Crippen molar-refractivity contribution in [2.24, 2.45) is 23.7 Å². The number of fused-ring (bicyclic) bond motifs is 1. The van der Waals surface area contributed by atoms with Gasteiger partial charge in [0.25, 0.3) is 0 Å². The lowest BCUT2D eigenvalue weighted by atomic mass is 9.64. The summed E-state index contributed by atoms with van der Waals surface area (Å²) >= 11 is 0. The Hall–Kier alpha value is -2.63. The molecule has 0 amide bonds. The van der Waals surface area contributed by atoms with Crippen molar-refractivity contribution in [1.29, 1.82) is 0 Å². The third kappa shape index (κ3) is 7.42. The maximum Gasteiger partial charge on any atom is 0.309 e. The lowest BCUT2D eigenvalue weighted by Gasteiger charge is -2.42. The fourth-order valence-electron chi connectivity index (χ4n) is 7.58. The zero-order valence-corrected chi connectivity index (χ0v) is 24.7. The SMILES string of the molecule is CCCC1CCC2CC(C(=O)OC3CCC(c4ccc(COc5ccc(OCC)c(F)c5F)cc4)CC3)CCC2C1. The highest BCUT2D eigenvalue weighted by atomic mass is 19.2. The molecule has 4 atom stereocenters. The van der Waals surface area contributed by atoms with Gasteiger partial charge in [0, 0.05) is 0 Å². The van der Waals surface area contributed by atoms with Crippen molar-refractivity contribution in [3.63, 3.8) is 0 Å². The van der Waals surface area contributed by atoms with Crippen molar-refractivity contribution in [3.8, 4) is 11.5 Å². The third-order valence-corrected chi connectivity index (χ3v) is 9.87. The molecule has 0 spiro atoms. The highest BCUT2D eigenvalue weighted by molar-refractivity contribution is 5.72. The fourth-order valence-corrected chi connectivity index (χ4v) is 7.58. The van der Waals surface area contributed by atoms with Crippen LogP contribution < -0.4 is 9.47 Å². The predicted octanol–water partition coefficient (Wildman–Crippen LogP) is 9.14. The van der Waals surface area contributed by atoms with Gasteiger partial charge in [-0.25, -0.2) is 0 Å². The highest BCUT2D eigenvalue weighted by Gasteiger charge is 2.39. The van der Waals surface area contributed by atoms with E-state index in [1.54, 1.807) is 6.92 Å². The van der Waals surface area contributed by atoms with E-state index >= 15 is 0 Å². The zero-order chi connectivity index (χ0) is 28.8. The normalized spacial score (nSPS) is 28.0. The first-order chi connectivity index (χ1) is 19.9. The minimum atomic E-state index is -1.03. The number of benzene rings is 2. The summed E-state index contributed by atoms with van der Waals surface area (Å²) in [6.07, 6.45) is 13.7. The van der Waals surface area contributed by atoms with Gasteiger partial charge < -0.3 is 14.2 Å². The van der Waals surface area contributed by atoms with E-state index < -0.39 is 11.6 Å². The number of hydrogen-bond donors (Lipinski definition) is 0. The maximum absolute atomic E-state index is 14.3.